The van der Waals surface area contributed by atoms with Crippen LogP contribution >= 0.6 is 0 Å². The van der Waals surface area contributed by atoms with Gasteiger partial charge in [0.25, 0.3) is 5.91 Å². The molecule has 0 spiro atoms. The predicted molar refractivity (Wildman–Crippen MR) is 67.8 cm³/mol. The number of carbonyl (C=O) groups is 1. The van der Waals surface area contributed by atoms with Crippen molar-refractivity contribution in [2.24, 2.45) is 5.73 Å². The molecule has 0 aromatic carbocycles. The van der Waals surface area contributed by atoms with E-state index in [4.69, 9.17) is 10.2 Å². The summed E-state index contributed by atoms with van der Waals surface area (Å²) >= 11 is 0. The number of hydrogen-bond donors (Lipinski definition) is 1. The topological polar surface area (TPSA) is 59.5 Å². The molecular formula is C13H22N2O2. The van der Waals surface area contributed by atoms with Crippen LogP contribution in [0.4, 0.5) is 0 Å². The van der Waals surface area contributed by atoms with E-state index in [0.29, 0.717) is 11.5 Å². The summed E-state index contributed by atoms with van der Waals surface area (Å²) in [5.41, 5.74) is 5.70. The van der Waals surface area contributed by atoms with Crippen molar-refractivity contribution >= 4 is 5.91 Å². The molecule has 0 saturated carbocycles. The number of nitrogens with zero attached hydrogens (tertiary/aromatic N) is 1. The molecule has 0 bridgehead atoms. The van der Waals surface area contributed by atoms with Gasteiger partial charge in [-0.3, -0.25) is 4.79 Å². The van der Waals surface area contributed by atoms with E-state index in [1.165, 1.54) is 0 Å². The molecule has 96 valence electrons. The molecule has 0 aliphatic heterocycles. The third-order valence-corrected chi connectivity index (χ3v) is 2.56. The average molecular weight is 238 g/mol. The summed E-state index contributed by atoms with van der Waals surface area (Å²) in [6, 6.07) is 3.30. The minimum Gasteiger partial charge on any atom is -0.454 e. The first-order chi connectivity index (χ1) is 8.10. The molecule has 1 amide bonds. The Hall–Kier alpha value is -1.29. The van der Waals surface area contributed by atoms with E-state index in [-0.39, 0.29) is 11.9 Å². The van der Waals surface area contributed by atoms with Crippen molar-refractivity contribution in [1.82, 2.24) is 4.90 Å². The van der Waals surface area contributed by atoms with Gasteiger partial charge in [0.15, 0.2) is 5.76 Å². The van der Waals surface area contributed by atoms with Gasteiger partial charge in [0.1, 0.15) is 5.76 Å². The lowest BCUT2D eigenvalue weighted by atomic mass is 10.3. The number of hydrogen-bond acceptors (Lipinski definition) is 3. The van der Waals surface area contributed by atoms with Crippen LogP contribution in [-0.4, -0.2) is 23.9 Å². The van der Waals surface area contributed by atoms with Gasteiger partial charge >= 0.3 is 0 Å². The molecule has 1 aromatic heterocycles. The second-order valence-electron chi connectivity index (χ2n) is 4.28. The Morgan fingerprint density at radius 1 is 1.35 bits per heavy atom. The molecule has 0 aliphatic carbocycles. The number of carbonyl (C=O) groups excluding carboxylic acids is 1. The summed E-state index contributed by atoms with van der Waals surface area (Å²) in [7, 11) is 0. The van der Waals surface area contributed by atoms with Gasteiger partial charge in [-0.15, -0.1) is 0 Å². The van der Waals surface area contributed by atoms with E-state index < -0.39 is 0 Å². The zero-order valence-corrected chi connectivity index (χ0v) is 10.9. The van der Waals surface area contributed by atoms with Gasteiger partial charge in [-0.1, -0.05) is 13.8 Å². The Balaban J connectivity index is 2.77. The highest BCUT2D eigenvalue weighted by molar-refractivity contribution is 5.91. The molecule has 0 saturated heterocycles. The smallest absolute Gasteiger partial charge is 0.289 e. The van der Waals surface area contributed by atoms with Crippen LogP contribution < -0.4 is 5.73 Å². The molecule has 4 heteroatoms. The van der Waals surface area contributed by atoms with Crippen LogP contribution in [0.5, 0.6) is 0 Å². The summed E-state index contributed by atoms with van der Waals surface area (Å²) < 4.78 is 5.46. The summed E-state index contributed by atoms with van der Waals surface area (Å²) in [4.78, 5) is 14.0. The third kappa shape index (κ3) is 3.60. The van der Waals surface area contributed by atoms with Gasteiger partial charge < -0.3 is 15.1 Å². The van der Waals surface area contributed by atoms with Gasteiger partial charge in [0.2, 0.25) is 0 Å². The maximum atomic E-state index is 12.2. The van der Waals surface area contributed by atoms with Crippen LogP contribution in [-0.2, 0) is 0 Å². The van der Waals surface area contributed by atoms with E-state index in [0.717, 1.165) is 25.9 Å². The van der Waals surface area contributed by atoms with Crippen LogP contribution in [0.2, 0.25) is 0 Å². The molecular weight excluding hydrogens is 216 g/mol. The maximum Gasteiger partial charge on any atom is 0.289 e. The lowest BCUT2D eigenvalue weighted by Gasteiger charge is -2.19. The van der Waals surface area contributed by atoms with E-state index in [1.807, 2.05) is 11.8 Å². The van der Waals surface area contributed by atoms with Crippen molar-refractivity contribution in [2.45, 2.75) is 39.7 Å². The van der Waals surface area contributed by atoms with E-state index >= 15 is 0 Å². The van der Waals surface area contributed by atoms with Gasteiger partial charge in [0.05, 0.1) is 6.04 Å². The second kappa shape index (κ2) is 6.45. The largest absolute Gasteiger partial charge is 0.454 e. The van der Waals surface area contributed by atoms with E-state index in [9.17, 15) is 4.79 Å². The SMILES string of the molecule is CCCN(CCC)C(=O)c1ccc(C(C)N)o1. The minimum absolute atomic E-state index is 0.0411. The van der Waals surface area contributed by atoms with E-state index in [2.05, 4.69) is 13.8 Å². The fraction of sp³-hybridized carbons (Fsp3) is 0.615. The zero-order chi connectivity index (χ0) is 12.8. The monoisotopic (exact) mass is 238 g/mol. The van der Waals surface area contributed by atoms with Crippen molar-refractivity contribution in [3.8, 4) is 0 Å². The molecule has 1 aromatic rings. The summed E-state index contributed by atoms with van der Waals surface area (Å²) in [6.45, 7) is 7.49. The number of furan rings is 1. The second-order valence-corrected chi connectivity index (χ2v) is 4.28. The first-order valence-corrected chi connectivity index (χ1v) is 6.24. The van der Waals surface area contributed by atoms with Gasteiger partial charge in [-0.25, -0.2) is 0 Å². The molecule has 0 aliphatic rings. The lowest BCUT2D eigenvalue weighted by Crippen LogP contribution is -2.32. The molecule has 17 heavy (non-hydrogen) atoms. The van der Waals surface area contributed by atoms with Crippen molar-refractivity contribution in [2.75, 3.05) is 13.1 Å². The molecule has 1 atom stereocenters. The third-order valence-electron chi connectivity index (χ3n) is 2.56. The van der Waals surface area contributed by atoms with Crippen LogP contribution in [0.1, 0.15) is 56.0 Å². The molecule has 2 N–H and O–H groups in total. The highest BCUT2D eigenvalue weighted by Gasteiger charge is 2.18. The quantitative estimate of drug-likeness (QED) is 0.828. The maximum absolute atomic E-state index is 12.2. The fourth-order valence-corrected chi connectivity index (χ4v) is 1.72. The van der Waals surface area contributed by atoms with Crippen molar-refractivity contribution in [3.63, 3.8) is 0 Å². The predicted octanol–water partition coefficient (Wildman–Crippen LogP) is 2.56. The molecule has 1 unspecified atom stereocenters. The Bertz CT molecular complexity index is 352. The van der Waals surface area contributed by atoms with Crippen LogP contribution in [0.3, 0.4) is 0 Å². The number of nitrogens with two attached hydrogens (primary N) is 1. The normalized spacial score (nSPS) is 12.5. The van der Waals surface area contributed by atoms with Crippen molar-refractivity contribution in [3.05, 3.63) is 23.7 Å². The van der Waals surface area contributed by atoms with Gasteiger partial charge in [0, 0.05) is 13.1 Å². The Morgan fingerprint density at radius 3 is 2.35 bits per heavy atom. The molecule has 4 nitrogen and oxygen atoms in total. The Morgan fingerprint density at radius 2 is 1.94 bits per heavy atom. The van der Waals surface area contributed by atoms with Crippen LogP contribution in [0.15, 0.2) is 16.5 Å². The average Bonchev–Trinajstić information content (AvgIpc) is 2.77. The minimum atomic E-state index is -0.178. The Kier molecular flexibility index (Phi) is 5.22. The van der Waals surface area contributed by atoms with Gasteiger partial charge in [-0.2, -0.15) is 0 Å². The highest BCUT2D eigenvalue weighted by Crippen LogP contribution is 2.16. The summed E-state index contributed by atoms with van der Waals surface area (Å²) in [5, 5.41) is 0. The van der Waals surface area contributed by atoms with Crippen LogP contribution in [0, 0.1) is 0 Å². The standard InChI is InChI=1S/C13H22N2O2/c1-4-8-15(9-5-2)13(16)12-7-6-11(17-12)10(3)14/h6-7,10H,4-5,8-9,14H2,1-3H3. The lowest BCUT2D eigenvalue weighted by molar-refractivity contribution is 0.0721. The Labute approximate surface area is 103 Å². The van der Waals surface area contributed by atoms with Crippen molar-refractivity contribution < 1.29 is 9.21 Å². The highest BCUT2D eigenvalue weighted by atomic mass is 16.4. The number of amides is 1. The van der Waals surface area contributed by atoms with Gasteiger partial charge in [-0.05, 0) is 31.9 Å². The summed E-state index contributed by atoms with van der Waals surface area (Å²) in [5.74, 6) is 1.00. The molecule has 0 fully saturated rings. The van der Waals surface area contributed by atoms with E-state index in [1.54, 1.807) is 12.1 Å². The molecule has 1 rings (SSSR count). The first-order valence-electron chi connectivity index (χ1n) is 6.24. The molecule has 0 radical (unpaired) electrons. The first kappa shape index (κ1) is 13.8. The van der Waals surface area contributed by atoms with Crippen LogP contribution in [0.25, 0.3) is 0 Å². The fourth-order valence-electron chi connectivity index (χ4n) is 1.72. The zero-order valence-electron chi connectivity index (χ0n) is 10.9. The summed E-state index contributed by atoms with van der Waals surface area (Å²) in [6.07, 6.45) is 1.90. The molecule has 1 heterocycles. The number of rotatable bonds is 6. The van der Waals surface area contributed by atoms with Crippen molar-refractivity contribution in [1.29, 1.82) is 0 Å².